The molecular formula is C29H39N5O4. The van der Waals surface area contributed by atoms with Gasteiger partial charge < -0.3 is 25.0 Å². The summed E-state index contributed by atoms with van der Waals surface area (Å²) in [6.07, 6.45) is 0.583. The molecule has 0 aliphatic heterocycles. The van der Waals surface area contributed by atoms with Crippen molar-refractivity contribution in [3.63, 3.8) is 0 Å². The molecule has 1 heterocycles. The van der Waals surface area contributed by atoms with Gasteiger partial charge in [0.1, 0.15) is 18.1 Å². The molecule has 2 aromatic carbocycles. The largest absolute Gasteiger partial charge is 0.492 e. The van der Waals surface area contributed by atoms with Crippen LogP contribution < -0.4 is 15.4 Å². The molecule has 38 heavy (non-hydrogen) atoms. The zero-order valence-electron chi connectivity index (χ0n) is 23.2. The number of carbonyl (C=O) groups is 2. The first kappa shape index (κ1) is 28.7. The Morgan fingerprint density at radius 1 is 1.05 bits per heavy atom. The maximum atomic E-state index is 13.2. The summed E-state index contributed by atoms with van der Waals surface area (Å²) in [5, 5.41) is 10.6. The molecule has 9 heteroatoms. The van der Waals surface area contributed by atoms with E-state index in [4.69, 9.17) is 14.6 Å². The lowest BCUT2D eigenvalue weighted by Gasteiger charge is -2.23. The first-order chi connectivity index (χ1) is 18.1. The average Bonchev–Trinajstić information content (AvgIpc) is 3.29. The zero-order chi connectivity index (χ0) is 27.7. The van der Waals surface area contributed by atoms with Crippen molar-refractivity contribution in [2.24, 2.45) is 0 Å². The maximum absolute atomic E-state index is 13.2. The van der Waals surface area contributed by atoms with Gasteiger partial charge in [-0.05, 0) is 44.5 Å². The highest BCUT2D eigenvalue weighted by Gasteiger charge is 2.23. The van der Waals surface area contributed by atoms with Gasteiger partial charge in [-0.3, -0.25) is 4.79 Å². The topological polar surface area (TPSA) is 97.7 Å². The zero-order valence-corrected chi connectivity index (χ0v) is 23.2. The molecular weight excluding hydrogens is 482 g/mol. The number of nitrogens with one attached hydrogen (secondary N) is 2. The number of methoxy groups -OCH3 is 1. The molecule has 3 amide bonds. The fraction of sp³-hybridized carbons (Fsp3) is 0.414. The third-order valence-electron chi connectivity index (χ3n) is 5.85. The summed E-state index contributed by atoms with van der Waals surface area (Å²) in [7, 11) is 1.61. The lowest BCUT2D eigenvalue weighted by molar-refractivity contribution is -0.116. The molecule has 0 unspecified atom stereocenters. The van der Waals surface area contributed by atoms with E-state index in [2.05, 4.69) is 31.4 Å². The Hall–Kier alpha value is -3.85. The normalized spacial score (nSPS) is 11.2. The van der Waals surface area contributed by atoms with Crippen LogP contribution in [0.3, 0.4) is 0 Å². The quantitative estimate of drug-likeness (QED) is 0.330. The Labute approximate surface area is 225 Å². The highest BCUT2D eigenvalue weighted by molar-refractivity contribution is 5.97. The van der Waals surface area contributed by atoms with Crippen LogP contribution in [0, 0.1) is 6.92 Å². The van der Waals surface area contributed by atoms with Crippen LogP contribution in [0.25, 0.3) is 5.69 Å². The van der Waals surface area contributed by atoms with Gasteiger partial charge in [0, 0.05) is 31.7 Å². The van der Waals surface area contributed by atoms with E-state index >= 15 is 0 Å². The number of hydrogen-bond acceptors (Lipinski definition) is 5. The van der Waals surface area contributed by atoms with E-state index in [1.165, 1.54) is 4.90 Å². The Morgan fingerprint density at radius 3 is 2.42 bits per heavy atom. The number of anilines is 2. The lowest BCUT2D eigenvalue weighted by Crippen LogP contribution is -2.41. The molecule has 0 saturated heterocycles. The molecule has 3 rings (SSSR count). The average molecular weight is 522 g/mol. The smallest absolute Gasteiger partial charge is 0.322 e. The van der Waals surface area contributed by atoms with Crippen molar-refractivity contribution in [2.45, 2.75) is 46.5 Å². The van der Waals surface area contributed by atoms with Crippen LogP contribution in [0.5, 0.6) is 5.75 Å². The van der Waals surface area contributed by atoms with Gasteiger partial charge in [-0.25, -0.2) is 9.48 Å². The first-order valence-electron chi connectivity index (χ1n) is 12.9. The van der Waals surface area contributed by atoms with Gasteiger partial charge in [0.15, 0.2) is 0 Å². The van der Waals surface area contributed by atoms with Crippen LogP contribution in [-0.4, -0.2) is 60.0 Å². The van der Waals surface area contributed by atoms with Crippen molar-refractivity contribution >= 4 is 23.4 Å². The van der Waals surface area contributed by atoms with Gasteiger partial charge in [-0.1, -0.05) is 50.6 Å². The number of hydrogen-bond donors (Lipinski definition) is 2. The molecule has 0 bridgehead atoms. The van der Waals surface area contributed by atoms with Gasteiger partial charge in [-0.15, -0.1) is 0 Å². The molecule has 2 N–H and O–H groups in total. The number of aryl methyl sites for hydroxylation is 1. The predicted octanol–water partition coefficient (Wildman–Crippen LogP) is 5.39. The van der Waals surface area contributed by atoms with E-state index < -0.39 is 6.03 Å². The minimum atomic E-state index is -0.397. The van der Waals surface area contributed by atoms with E-state index in [0.717, 1.165) is 16.9 Å². The summed E-state index contributed by atoms with van der Waals surface area (Å²) < 4.78 is 12.5. The number of aromatic nitrogens is 2. The van der Waals surface area contributed by atoms with Crippen LogP contribution in [0.1, 0.15) is 45.4 Å². The van der Waals surface area contributed by atoms with Crippen molar-refractivity contribution in [3.05, 3.63) is 65.9 Å². The van der Waals surface area contributed by atoms with Crippen molar-refractivity contribution in [1.82, 2.24) is 14.7 Å². The third-order valence-corrected chi connectivity index (χ3v) is 5.85. The summed E-state index contributed by atoms with van der Waals surface area (Å²) in [6, 6.07) is 16.6. The standard InChI is InChI=1S/C29H39N5O4/c1-7-38-24-12-9-8-11-23(24)30-28(36)33(17-10-18-37-6)20-27(35)31-26-19-25(29(3,4)5)32-34(26)22-15-13-21(2)14-16-22/h8-9,11-16,19H,7,10,17-18,20H2,1-6H3,(H,30,36)(H,31,35). The Kier molecular flexibility index (Phi) is 9.90. The minimum absolute atomic E-state index is 0.143. The molecule has 204 valence electrons. The molecule has 1 aromatic heterocycles. The Morgan fingerprint density at radius 2 is 1.76 bits per heavy atom. The second kappa shape index (κ2) is 13.1. The monoisotopic (exact) mass is 521 g/mol. The number of urea groups is 1. The number of benzene rings is 2. The highest BCUT2D eigenvalue weighted by Crippen LogP contribution is 2.27. The van der Waals surface area contributed by atoms with E-state index in [-0.39, 0.29) is 17.9 Å². The van der Waals surface area contributed by atoms with E-state index in [1.54, 1.807) is 23.9 Å². The minimum Gasteiger partial charge on any atom is -0.492 e. The van der Waals surface area contributed by atoms with E-state index in [0.29, 0.717) is 43.4 Å². The van der Waals surface area contributed by atoms with Crippen LogP contribution in [0.4, 0.5) is 16.3 Å². The molecule has 0 fully saturated rings. The third kappa shape index (κ3) is 7.82. The van der Waals surface area contributed by atoms with Crippen molar-refractivity contribution in [1.29, 1.82) is 0 Å². The van der Waals surface area contributed by atoms with Crippen LogP contribution in [0.15, 0.2) is 54.6 Å². The SMILES string of the molecule is CCOc1ccccc1NC(=O)N(CCCOC)CC(=O)Nc1cc(C(C)(C)C)nn1-c1ccc(C)cc1. The fourth-order valence-corrected chi connectivity index (χ4v) is 3.77. The molecule has 3 aromatic rings. The summed E-state index contributed by atoms with van der Waals surface area (Å²) in [5.74, 6) is 0.786. The van der Waals surface area contributed by atoms with Gasteiger partial charge in [-0.2, -0.15) is 5.10 Å². The second-order valence-corrected chi connectivity index (χ2v) is 10.1. The summed E-state index contributed by atoms with van der Waals surface area (Å²) in [6.45, 7) is 11.3. The van der Waals surface area contributed by atoms with Crippen LogP contribution in [-0.2, 0) is 14.9 Å². The Bertz CT molecular complexity index is 1210. The summed E-state index contributed by atoms with van der Waals surface area (Å²) in [5.41, 5.74) is 3.14. The number of para-hydroxylation sites is 2. The second-order valence-electron chi connectivity index (χ2n) is 10.1. The van der Waals surface area contributed by atoms with E-state index in [1.807, 2.05) is 56.3 Å². The highest BCUT2D eigenvalue weighted by atomic mass is 16.5. The molecule has 0 radical (unpaired) electrons. The van der Waals surface area contributed by atoms with E-state index in [9.17, 15) is 9.59 Å². The van der Waals surface area contributed by atoms with Gasteiger partial charge in [0.05, 0.1) is 23.7 Å². The Balaban J connectivity index is 1.81. The number of amides is 3. The summed E-state index contributed by atoms with van der Waals surface area (Å²) >= 11 is 0. The molecule has 0 aliphatic carbocycles. The number of nitrogens with zero attached hydrogens (tertiary/aromatic N) is 3. The van der Waals surface area contributed by atoms with Crippen molar-refractivity contribution < 1.29 is 19.1 Å². The molecule has 0 spiro atoms. The predicted molar refractivity (Wildman–Crippen MR) is 150 cm³/mol. The molecule has 0 saturated carbocycles. The number of ether oxygens (including phenoxy) is 2. The molecule has 0 atom stereocenters. The number of carbonyl (C=O) groups excluding carboxylic acids is 2. The van der Waals surface area contributed by atoms with Gasteiger partial charge in [0.2, 0.25) is 5.91 Å². The fourth-order valence-electron chi connectivity index (χ4n) is 3.77. The summed E-state index contributed by atoms with van der Waals surface area (Å²) in [4.78, 5) is 27.9. The van der Waals surface area contributed by atoms with Crippen molar-refractivity contribution in [3.8, 4) is 11.4 Å². The van der Waals surface area contributed by atoms with Crippen molar-refractivity contribution in [2.75, 3.05) is 44.0 Å². The van der Waals surface area contributed by atoms with Gasteiger partial charge in [0.25, 0.3) is 0 Å². The van der Waals surface area contributed by atoms with Crippen LogP contribution >= 0.6 is 0 Å². The number of rotatable bonds is 11. The first-order valence-corrected chi connectivity index (χ1v) is 12.9. The molecule has 0 aliphatic rings. The van der Waals surface area contributed by atoms with Gasteiger partial charge >= 0.3 is 6.03 Å². The van der Waals surface area contributed by atoms with Crippen LogP contribution in [0.2, 0.25) is 0 Å². The maximum Gasteiger partial charge on any atom is 0.322 e. The molecule has 9 nitrogen and oxygen atoms in total. The lowest BCUT2D eigenvalue weighted by atomic mass is 9.92.